The third-order valence-corrected chi connectivity index (χ3v) is 5.62. The number of nitrogens with one attached hydrogen (secondary N) is 2. The summed E-state index contributed by atoms with van der Waals surface area (Å²) < 4.78 is 59.4. The molecule has 0 fully saturated rings. The van der Waals surface area contributed by atoms with Crippen molar-refractivity contribution in [2.45, 2.75) is 6.18 Å². The Morgan fingerprint density at radius 3 is 2.35 bits per heavy atom. The maximum absolute atomic E-state index is 14.0. The van der Waals surface area contributed by atoms with E-state index in [1.807, 2.05) is 43.4 Å². The van der Waals surface area contributed by atoms with Crippen molar-refractivity contribution < 1.29 is 27.1 Å². The Labute approximate surface area is 224 Å². The molecule has 3 aromatic heterocycles. The van der Waals surface area contributed by atoms with Crippen LogP contribution in [-0.2, 0) is 6.18 Å². The predicted octanol–water partition coefficient (Wildman–Crippen LogP) is 5.85. The fourth-order valence-corrected chi connectivity index (χ4v) is 3.63. The SMILES string of the molecule is CN(C)c1ccn2ncc(-c3ccc(Oc4ncc(NC(=O)Nc5ccc(C(F)(F)F)cc5F)cn4)cc3)c2n1. The van der Waals surface area contributed by atoms with E-state index in [9.17, 15) is 22.4 Å². The number of carbonyl (C=O) groups excluding carboxylic acids is 1. The maximum atomic E-state index is 14.0. The molecule has 3 heterocycles. The van der Waals surface area contributed by atoms with Gasteiger partial charge in [-0.1, -0.05) is 12.1 Å². The molecule has 0 radical (unpaired) electrons. The smallest absolute Gasteiger partial charge is 0.416 e. The summed E-state index contributed by atoms with van der Waals surface area (Å²) in [6.07, 6.45) is 1.38. The minimum absolute atomic E-state index is 0.000710. The summed E-state index contributed by atoms with van der Waals surface area (Å²) >= 11 is 0. The normalized spacial score (nSPS) is 11.3. The number of alkyl halides is 3. The van der Waals surface area contributed by atoms with Crippen molar-refractivity contribution in [3.05, 3.63) is 84.7 Å². The van der Waals surface area contributed by atoms with Crippen LogP contribution in [0.3, 0.4) is 0 Å². The summed E-state index contributed by atoms with van der Waals surface area (Å²) in [4.78, 5) is 26.8. The highest BCUT2D eigenvalue weighted by atomic mass is 19.4. The molecule has 0 unspecified atom stereocenters. The lowest BCUT2D eigenvalue weighted by atomic mass is 10.1. The van der Waals surface area contributed by atoms with E-state index in [1.165, 1.54) is 12.4 Å². The van der Waals surface area contributed by atoms with Crippen LogP contribution in [0.1, 0.15) is 5.56 Å². The highest BCUT2D eigenvalue weighted by Crippen LogP contribution is 2.31. The van der Waals surface area contributed by atoms with Crippen LogP contribution >= 0.6 is 0 Å². The molecular formula is C26H20F4N8O2. The van der Waals surface area contributed by atoms with Crippen LogP contribution in [0, 0.1) is 5.82 Å². The van der Waals surface area contributed by atoms with Crippen LogP contribution in [0.15, 0.2) is 73.3 Å². The molecule has 0 aliphatic rings. The largest absolute Gasteiger partial charge is 0.424 e. The number of rotatable bonds is 6. The third kappa shape index (κ3) is 5.75. The van der Waals surface area contributed by atoms with Gasteiger partial charge in [-0.3, -0.25) is 0 Å². The Bertz CT molecular complexity index is 1670. The number of hydrogen-bond acceptors (Lipinski definition) is 7. The highest BCUT2D eigenvalue weighted by Gasteiger charge is 2.31. The molecule has 204 valence electrons. The average molecular weight is 552 g/mol. The molecule has 2 N–H and O–H groups in total. The number of urea groups is 1. The molecule has 0 aliphatic heterocycles. The first-order valence-electron chi connectivity index (χ1n) is 11.6. The molecular weight excluding hydrogens is 532 g/mol. The Kier molecular flexibility index (Phi) is 6.90. The maximum Gasteiger partial charge on any atom is 0.416 e. The van der Waals surface area contributed by atoms with E-state index in [0.717, 1.165) is 23.0 Å². The van der Waals surface area contributed by atoms with Crippen LogP contribution in [-0.4, -0.2) is 44.7 Å². The minimum atomic E-state index is -4.70. The van der Waals surface area contributed by atoms with Gasteiger partial charge < -0.3 is 20.3 Å². The van der Waals surface area contributed by atoms with Crippen LogP contribution in [0.5, 0.6) is 11.8 Å². The van der Waals surface area contributed by atoms with E-state index in [1.54, 1.807) is 22.8 Å². The highest BCUT2D eigenvalue weighted by molar-refractivity contribution is 5.99. The Balaban J connectivity index is 1.21. The molecule has 0 saturated heterocycles. The van der Waals surface area contributed by atoms with Crippen LogP contribution in [0.4, 0.5) is 39.5 Å². The zero-order valence-electron chi connectivity index (χ0n) is 20.9. The average Bonchev–Trinajstić information content (AvgIpc) is 3.34. The van der Waals surface area contributed by atoms with Crippen molar-refractivity contribution in [3.8, 4) is 22.9 Å². The lowest BCUT2D eigenvalue weighted by Gasteiger charge is -2.11. The number of carbonyl (C=O) groups is 1. The fourth-order valence-electron chi connectivity index (χ4n) is 3.63. The molecule has 0 atom stereocenters. The number of anilines is 3. The summed E-state index contributed by atoms with van der Waals surface area (Å²) in [5.74, 6) is 0.0269. The van der Waals surface area contributed by atoms with E-state index in [0.29, 0.717) is 23.5 Å². The van der Waals surface area contributed by atoms with Gasteiger partial charge in [0.2, 0.25) is 0 Å². The molecule has 0 aliphatic carbocycles. The van der Waals surface area contributed by atoms with Crippen molar-refractivity contribution in [2.75, 3.05) is 29.6 Å². The second kappa shape index (κ2) is 10.5. The number of aromatic nitrogens is 5. The lowest BCUT2D eigenvalue weighted by Crippen LogP contribution is -2.20. The van der Waals surface area contributed by atoms with E-state index in [4.69, 9.17) is 4.74 Å². The first kappa shape index (κ1) is 26.3. The van der Waals surface area contributed by atoms with Crippen molar-refractivity contribution in [2.24, 2.45) is 0 Å². The van der Waals surface area contributed by atoms with E-state index in [-0.39, 0.29) is 11.7 Å². The van der Waals surface area contributed by atoms with Gasteiger partial charge in [-0.05, 0) is 42.0 Å². The van der Waals surface area contributed by atoms with Gasteiger partial charge in [-0.25, -0.2) is 28.7 Å². The molecule has 0 saturated carbocycles. The monoisotopic (exact) mass is 552 g/mol. The van der Waals surface area contributed by atoms with E-state index in [2.05, 4.69) is 30.7 Å². The summed E-state index contributed by atoms with van der Waals surface area (Å²) in [6, 6.07) is 9.91. The third-order valence-electron chi connectivity index (χ3n) is 5.62. The number of nitrogens with zero attached hydrogens (tertiary/aromatic N) is 6. The first-order chi connectivity index (χ1) is 19.1. The Morgan fingerprint density at radius 2 is 1.70 bits per heavy atom. The fraction of sp³-hybridized carbons (Fsp3) is 0.115. The van der Waals surface area contributed by atoms with Crippen LogP contribution < -0.4 is 20.3 Å². The number of halogens is 4. The standard InChI is InChI=1S/C26H20F4N8O2/c1-37(2)22-9-10-38-23(36-22)19(14-33-38)15-3-6-18(7-4-15)40-25-31-12-17(13-32-25)34-24(39)35-21-8-5-16(11-20(21)27)26(28,29)30/h3-14H,1-2H3,(H2,34,35,39). The molecule has 5 rings (SSSR count). The van der Waals surface area contributed by atoms with Crippen molar-refractivity contribution >= 4 is 28.9 Å². The Morgan fingerprint density at radius 1 is 0.975 bits per heavy atom. The van der Waals surface area contributed by atoms with E-state index < -0.39 is 29.3 Å². The number of hydrogen-bond donors (Lipinski definition) is 2. The van der Waals surface area contributed by atoms with Crippen LogP contribution in [0.25, 0.3) is 16.8 Å². The molecule has 0 bridgehead atoms. The summed E-state index contributed by atoms with van der Waals surface area (Å²) in [5, 5.41) is 8.85. The molecule has 10 nitrogen and oxygen atoms in total. The first-order valence-corrected chi connectivity index (χ1v) is 11.6. The molecule has 5 aromatic rings. The summed E-state index contributed by atoms with van der Waals surface area (Å²) in [5.41, 5.74) is 0.980. The minimum Gasteiger partial charge on any atom is -0.424 e. The number of ether oxygens (including phenoxy) is 1. The molecule has 14 heteroatoms. The molecule has 2 aromatic carbocycles. The quantitative estimate of drug-likeness (QED) is 0.255. The number of benzene rings is 2. The van der Waals surface area contributed by atoms with Gasteiger partial charge in [0.05, 0.1) is 35.5 Å². The second-order valence-electron chi connectivity index (χ2n) is 8.66. The number of amides is 2. The zero-order chi connectivity index (χ0) is 28.4. The summed E-state index contributed by atoms with van der Waals surface area (Å²) in [6.45, 7) is 0. The van der Waals surface area contributed by atoms with Gasteiger partial charge in [0, 0.05) is 25.9 Å². The van der Waals surface area contributed by atoms with Gasteiger partial charge in [0.25, 0.3) is 0 Å². The van der Waals surface area contributed by atoms with Gasteiger partial charge in [0.15, 0.2) is 5.65 Å². The van der Waals surface area contributed by atoms with Crippen molar-refractivity contribution in [1.29, 1.82) is 0 Å². The topological polar surface area (TPSA) is 110 Å². The molecule has 0 spiro atoms. The summed E-state index contributed by atoms with van der Waals surface area (Å²) in [7, 11) is 3.82. The molecule has 2 amide bonds. The Hall–Kier alpha value is -5.27. The van der Waals surface area contributed by atoms with Gasteiger partial charge in [-0.15, -0.1) is 0 Å². The van der Waals surface area contributed by atoms with Gasteiger partial charge in [0.1, 0.15) is 17.4 Å². The van der Waals surface area contributed by atoms with E-state index >= 15 is 0 Å². The van der Waals surface area contributed by atoms with Crippen molar-refractivity contribution in [1.82, 2.24) is 24.6 Å². The van der Waals surface area contributed by atoms with Crippen LogP contribution in [0.2, 0.25) is 0 Å². The lowest BCUT2D eigenvalue weighted by molar-refractivity contribution is -0.137. The number of fused-ring (bicyclic) bond motifs is 1. The van der Waals surface area contributed by atoms with Gasteiger partial charge in [-0.2, -0.15) is 18.3 Å². The predicted molar refractivity (Wildman–Crippen MR) is 139 cm³/mol. The van der Waals surface area contributed by atoms with Gasteiger partial charge >= 0.3 is 18.2 Å². The zero-order valence-corrected chi connectivity index (χ0v) is 20.9. The van der Waals surface area contributed by atoms with Crippen molar-refractivity contribution in [3.63, 3.8) is 0 Å². The second-order valence-corrected chi connectivity index (χ2v) is 8.66. The molecule has 40 heavy (non-hydrogen) atoms.